The summed E-state index contributed by atoms with van der Waals surface area (Å²) in [5, 5.41) is 8.66. The van der Waals surface area contributed by atoms with Crippen LogP contribution in [0.5, 0.6) is 0 Å². The molecular weight excluding hydrogens is 248 g/mol. The Morgan fingerprint density at radius 1 is 1.39 bits per heavy atom. The van der Waals surface area contributed by atoms with Gasteiger partial charge in [-0.2, -0.15) is 0 Å². The van der Waals surface area contributed by atoms with E-state index in [1.165, 1.54) is 4.90 Å². The van der Waals surface area contributed by atoms with Crippen LogP contribution in [0.1, 0.15) is 42.6 Å². The molecule has 1 aliphatic rings. The molecule has 3 nitrogen and oxygen atoms in total. The normalized spacial score (nSPS) is 17.0. The monoisotopic (exact) mass is 264 g/mol. The highest BCUT2D eigenvalue weighted by Gasteiger charge is 2.28. The Morgan fingerprint density at radius 3 is 2.78 bits per heavy atom. The van der Waals surface area contributed by atoms with Gasteiger partial charge in [0.15, 0.2) is 5.78 Å². The average Bonchev–Trinajstić information content (AvgIpc) is 2.27. The van der Waals surface area contributed by atoms with Gasteiger partial charge in [0, 0.05) is 10.5 Å². The van der Waals surface area contributed by atoms with Crippen LogP contribution in [0.15, 0.2) is 23.1 Å². The number of thioether (sulfide) groups is 1. The highest BCUT2D eigenvalue weighted by molar-refractivity contribution is 7.99. The van der Waals surface area contributed by atoms with Crippen molar-refractivity contribution in [2.24, 2.45) is 0 Å². The molecule has 4 heteroatoms. The minimum Gasteiger partial charge on any atom is -0.481 e. The molecule has 0 radical (unpaired) electrons. The third kappa shape index (κ3) is 2.58. The zero-order chi connectivity index (χ0) is 13.3. The van der Waals surface area contributed by atoms with E-state index in [0.29, 0.717) is 5.56 Å². The number of rotatable bonds is 3. The molecular formula is C14H16O3S. The lowest BCUT2D eigenvalue weighted by Crippen LogP contribution is -2.23. The molecule has 0 saturated heterocycles. The van der Waals surface area contributed by atoms with Crippen molar-refractivity contribution in [2.75, 3.05) is 5.75 Å². The minimum absolute atomic E-state index is 0.0557. The SMILES string of the molecule is CC1(C)CCSc2ccc(C(=O)CC(=O)O)cc21. The quantitative estimate of drug-likeness (QED) is 0.673. The Hall–Kier alpha value is -1.29. The molecule has 18 heavy (non-hydrogen) atoms. The first-order chi connectivity index (χ1) is 8.40. The molecule has 1 heterocycles. The number of carbonyl (C=O) groups excluding carboxylic acids is 1. The van der Waals surface area contributed by atoms with E-state index in [2.05, 4.69) is 13.8 Å². The highest BCUT2D eigenvalue weighted by Crippen LogP contribution is 2.41. The molecule has 0 atom stereocenters. The summed E-state index contributed by atoms with van der Waals surface area (Å²) in [6, 6.07) is 5.54. The molecule has 0 aliphatic carbocycles. The van der Waals surface area contributed by atoms with Crippen LogP contribution in [0.3, 0.4) is 0 Å². The van der Waals surface area contributed by atoms with Crippen LogP contribution < -0.4 is 0 Å². The van der Waals surface area contributed by atoms with Crippen molar-refractivity contribution in [2.45, 2.75) is 37.0 Å². The number of fused-ring (bicyclic) bond motifs is 1. The lowest BCUT2D eigenvalue weighted by Gasteiger charge is -2.32. The largest absolute Gasteiger partial charge is 0.481 e. The van der Waals surface area contributed by atoms with Crippen LogP contribution >= 0.6 is 11.8 Å². The number of hydrogen-bond donors (Lipinski definition) is 1. The first-order valence-corrected chi connectivity index (χ1v) is 6.91. The molecule has 0 aromatic heterocycles. The van der Waals surface area contributed by atoms with Gasteiger partial charge in [0.05, 0.1) is 0 Å². The number of carboxylic acids is 1. The van der Waals surface area contributed by atoms with Gasteiger partial charge in [-0.3, -0.25) is 9.59 Å². The van der Waals surface area contributed by atoms with E-state index in [0.717, 1.165) is 17.7 Å². The van der Waals surface area contributed by atoms with Crippen molar-refractivity contribution >= 4 is 23.5 Å². The third-order valence-electron chi connectivity index (χ3n) is 3.33. The fourth-order valence-corrected chi connectivity index (χ4v) is 3.64. The fourth-order valence-electron chi connectivity index (χ4n) is 2.15. The maximum absolute atomic E-state index is 11.8. The number of carboxylic acid groups (broad SMARTS) is 1. The van der Waals surface area contributed by atoms with Crippen LogP contribution in [0.2, 0.25) is 0 Å². The van der Waals surface area contributed by atoms with Crippen LogP contribution in [0, 0.1) is 0 Å². The molecule has 0 amide bonds. The zero-order valence-corrected chi connectivity index (χ0v) is 11.3. The summed E-state index contributed by atoms with van der Waals surface area (Å²) < 4.78 is 0. The topological polar surface area (TPSA) is 54.4 Å². The van der Waals surface area contributed by atoms with Crippen molar-refractivity contribution in [3.8, 4) is 0 Å². The van der Waals surface area contributed by atoms with Crippen LogP contribution in [0.4, 0.5) is 0 Å². The Labute approximate surface area is 111 Å². The maximum atomic E-state index is 11.8. The van der Waals surface area contributed by atoms with E-state index in [-0.39, 0.29) is 11.2 Å². The molecule has 1 N–H and O–H groups in total. The van der Waals surface area contributed by atoms with E-state index in [9.17, 15) is 9.59 Å². The van der Waals surface area contributed by atoms with Crippen molar-refractivity contribution in [3.63, 3.8) is 0 Å². The van der Waals surface area contributed by atoms with Crippen LogP contribution in [-0.4, -0.2) is 22.6 Å². The van der Waals surface area contributed by atoms with E-state index in [1.54, 1.807) is 17.8 Å². The smallest absolute Gasteiger partial charge is 0.311 e. The molecule has 1 aromatic carbocycles. The molecule has 0 spiro atoms. The summed E-state index contributed by atoms with van der Waals surface area (Å²) in [5.74, 6) is -0.314. The molecule has 1 aromatic rings. The number of Topliss-reactive ketones (excluding diaryl/α,β-unsaturated/α-hetero) is 1. The number of benzene rings is 1. The van der Waals surface area contributed by atoms with Crippen molar-refractivity contribution in [3.05, 3.63) is 29.3 Å². The molecule has 2 rings (SSSR count). The summed E-state index contributed by atoms with van der Waals surface area (Å²) in [4.78, 5) is 23.5. The molecule has 96 valence electrons. The minimum atomic E-state index is -1.08. The molecule has 0 unspecified atom stereocenters. The summed E-state index contributed by atoms with van der Waals surface area (Å²) in [6.45, 7) is 4.33. The van der Waals surface area contributed by atoms with Gasteiger partial charge < -0.3 is 5.11 Å². The predicted molar refractivity (Wildman–Crippen MR) is 71.4 cm³/mol. The standard InChI is InChI=1S/C14H16O3S/c1-14(2)5-6-18-12-4-3-9(7-10(12)14)11(15)8-13(16)17/h3-4,7H,5-6,8H2,1-2H3,(H,16,17). The van der Waals surface area contributed by atoms with Gasteiger partial charge in [0.1, 0.15) is 6.42 Å². The van der Waals surface area contributed by atoms with Gasteiger partial charge in [-0.1, -0.05) is 19.9 Å². The lowest BCUT2D eigenvalue weighted by atomic mass is 9.81. The van der Waals surface area contributed by atoms with Gasteiger partial charge in [-0.15, -0.1) is 11.8 Å². The van der Waals surface area contributed by atoms with Crippen LogP contribution in [-0.2, 0) is 10.2 Å². The Morgan fingerprint density at radius 2 is 2.11 bits per heavy atom. The molecule has 0 bridgehead atoms. The molecule has 0 fully saturated rings. The maximum Gasteiger partial charge on any atom is 0.311 e. The van der Waals surface area contributed by atoms with E-state index in [4.69, 9.17) is 5.11 Å². The highest BCUT2D eigenvalue weighted by atomic mass is 32.2. The van der Waals surface area contributed by atoms with E-state index < -0.39 is 12.4 Å². The zero-order valence-electron chi connectivity index (χ0n) is 10.5. The lowest BCUT2D eigenvalue weighted by molar-refractivity contribution is -0.135. The second kappa shape index (κ2) is 4.76. The second-order valence-corrected chi connectivity index (χ2v) is 6.32. The van der Waals surface area contributed by atoms with E-state index in [1.807, 2.05) is 12.1 Å². The van der Waals surface area contributed by atoms with Crippen molar-refractivity contribution in [1.29, 1.82) is 0 Å². The number of carbonyl (C=O) groups is 2. The number of aliphatic carboxylic acids is 1. The van der Waals surface area contributed by atoms with Crippen LogP contribution in [0.25, 0.3) is 0 Å². The predicted octanol–water partition coefficient (Wildman–Crippen LogP) is 3.12. The second-order valence-electron chi connectivity index (χ2n) is 5.19. The first kappa shape index (κ1) is 13.1. The van der Waals surface area contributed by atoms with Crippen molar-refractivity contribution < 1.29 is 14.7 Å². The summed E-state index contributed by atoms with van der Waals surface area (Å²) in [7, 11) is 0. The number of hydrogen-bond acceptors (Lipinski definition) is 3. The van der Waals surface area contributed by atoms with Crippen molar-refractivity contribution in [1.82, 2.24) is 0 Å². The first-order valence-electron chi connectivity index (χ1n) is 5.92. The van der Waals surface area contributed by atoms with E-state index >= 15 is 0 Å². The van der Waals surface area contributed by atoms with Gasteiger partial charge in [0.25, 0.3) is 0 Å². The Bertz CT molecular complexity index is 506. The Kier molecular flexibility index (Phi) is 3.48. The molecule has 0 saturated carbocycles. The van der Waals surface area contributed by atoms with Gasteiger partial charge in [-0.25, -0.2) is 0 Å². The van der Waals surface area contributed by atoms with Gasteiger partial charge in [0.2, 0.25) is 0 Å². The number of ketones is 1. The van der Waals surface area contributed by atoms with Gasteiger partial charge in [-0.05, 0) is 35.3 Å². The third-order valence-corrected chi connectivity index (χ3v) is 4.40. The summed E-state index contributed by atoms with van der Waals surface area (Å²) >= 11 is 1.80. The summed E-state index contributed by atoms with van der Waals surface area (Å²) in [6.07, 6.45) is 0.633. The molecule has 1 aliphatic heterocycles. The Balaban J connectivity index is 2.37. The summed E-state index contributed by atoms with van der Waals surface area (Å²) in [5.41, 5.74) is 1.72. The van der Waals surface area contributed by atoms with Gasteiger partial charge >= 0.3 is 5.97 Å². The average molecular weight is 264 g/mol. The fraction of sp³-hybridized carbons (Fsp3) is 0.429.